The Labute approximate surface area is 162 Å². The monoisotopic (exact) mass is 384 g/mol. The fourth-order valence-electron chi connectivity index (χ4n) is 3.35. The number of H-pyrrole nitrogens is 1. The number of nitrogens with one attached hydrogen (secondary N) is 2. The van der Waals surface area contributed by atoms with Crippen LogP contribution in [0.15, 0.2) is 24.4 Å². The summed E-state index contributed by atoms with van der Waals surface area (Å²) in [6, 6.07) is 5.79. The third-order valence-corrected chi connectivity index (χ3v) is 4.78. The van der Waals surface area contributed by atoms with Gasteiger partial charge in [-0.3, -0.25) is 10.00 Å². The van der Waals surface area contributed by atoms with Gasteiger partial charge < -0.3 is 20.1 Å². The zero-order chi connectivity index (χ0) is 19.7. The molecule has 0 saturated carbocycles. The quantitative estimate of drug-likeness (QED) is 0.529. The molecule has 3 aromatic heterocycles. The van der Waals surface area contributed by atoms with Gasteiger partial charge in [0.25, 0.3) is 0 Å². The van der Waals surface area contributed by atoms with Gasteiger partial charge in [0.2, 0.25) is 5.95 Å². The van der Waals surface area contributed by atoms with E-state index in [4.69, 9.17) is 4.98 Å². The number of hydrogen-bond donors (Lipinski definition) is 3. The summed E-state index contributed by atoms with van der Waals surface area (Å²) in [4.78, 5) is 19.8. The van der Waals surface area contributed by atoms with Gasteiger partial charge in [-0.25, -0.2) is 4.52 Å². The summed E-state index contributed by atoms with van der Waals surface area (Å²) >= 11 is 0. The van der Waals surface area contributed by atoms with Crippen LogP contribution in [0.5, 0.6) is 0 Å². The van der Waals surface area contributed by atoms with Crippen molar-refractivity contribution in [2.24, 2.45) is 0 Å². The minimum Gasteiger partial charge on any atom is -0.381 e. The number of β-amino-alcohol motifs (C(OH)–C–C–N with tert-alkyl or cyclic N) is 1. The lowest BCUT2D eigenvalue weighted by molar-refractivity contribution is -0.124. The number of hydrogen-bond acceptors (Lipinski definition) is 8. The number of anilines is 3. The molecule has 0 amide bonds. The number of rotatable bonds is 6. The molecule has 0 radical (unpaired) electrons. The minimum absolute atomic E-state index is 0.327. The molecule has 1 unspecified atom stereocenters. The van der Waals surface area contributed by atoms with Crippen molar-refractivity contribution >= 4 is 29.4 Å². The van der Waals surface area contributed by atoms with Gasteiger partial charge >= 0.3 is 0 Å². The summed E-state index contributed by atoms with van der Waals surface area (Å²) in [5.41, 5.74) is 0.511. The van der Waals surface area contributed by atoms with E-state index in [1.165, 1.54) is 6.92 Å². The van der Waals surface area contributed by atoms with Gasteiger partial charge in [-0.1, -0.05) is 0 Å². The van der Waals surface area contributed by atoms with Gasteiger partial charge in [0.1, 0.15) is 11.1 Å². The highest BCUT2D eigenvalue weighted by molar-refractivity contribution is 5.73. The van der Waals surface area contributed by atoms with Crippen LogP contribution in [-0.4, -0.2) is 79.4 Å². The third-order valence-electron chi connectivity index (χ3n) is 4.78. The van der Waals surface area contributed by atoms with Gasteiger partial charge in [-0.05, 0) is 26.0 Å². The molecule has 4 rings (SSSR count). The Bertz CT molecular complexity index is 971. The van der Waals surface area contributed by atoms with Crippen molar-refractivity contribution in [3.63, 3.8) is 0 Å². The zero-order valence-corrected chi connectivity index (χ0v) is 16.0. The van der Waals surface area contributed by atoms with Crippen molar-refractivity contribution < 1.29 is 9.90 Å². The molecule has 10 heteroatoms. The van der Waals surface area contributed by atoms with E-state index < -0.39 is 5.60 Å². The van der Waals surface area contributed by atoms with E-state index in [1.807, 2.05) is 31.3 Å². The van der Waals surface area contributed by atoms with Gasteiger partial charge in [0, 0.05) is 50.7 Å². The van der Waals surface area contributed by atoms with E-state index in [1.54, 1.807) is 4.52 Å². The Morgan fingerprint density at radius 3 is 2.82 bits per heavy atom. The van der Waals surface area contributed by atoms with Crippen LogP contribution in [0.2, 0.25) is 0 Å². The van der Waals surface area contributed by atoms with Crippen LogP contribution in [0.3, 0.4) is 0 Å². The summed E-state index contributed by atoms with van der Waals surface area (Å²) in [5.74, 6) is 2.01. The standard InChI is InChI=1S/C18H24N8O2/c1-13-10-15(22-21-13)19-16-14-4-3-5-26(14)23-17(20-16)25-8-6-24(7-9-25)11-18(2,28)12-27/h3-5,10,12,28H,6-9,11H2,1-2H3,(H2,19,20,21,22,23). The second-order valence-corrected chi connectivity index (χ2v) is 7.40. The van der Waals surface area contributed by atoms with Gasteiger partial charge in [-0.15, -0.1) is 5.10 Å². The number of aryl methyl sites for hydroxylation is 1. The summed E-state index contributed by atoms with van der Waals surface area (Å²) in [7, 11) is 0. The van der Waals surface area contributed by atoms with Crippen LogP contribution in [0.25, 0.3) is 5.52 Å². The van der Waals surface area contributed by atoms with Gasteiger partial charge in [-0.2, -0.15) is 10.1 Å². The zero-order valence-electron chi connectivity index (χ0n) is 16.0. The first-order valence-corrected chi connectivity index (χ1v) is 9.24. The summed E-state index contributed by atoms with van der Waals surface area (Å²) in [6.07, 6.45) is 2.48. The van der Waals surface area contributed by atoms with E-state index in [-0.39, 0.29) is 0 Å². The lowest BCUT2D eigenvalue weighted by Crippen LogP contribution is -2.52. The highest BCUT2D eigenvalue weighted by Gasteiger charge is 2.27. The molecule has 10 nitrogen and oxygen atoms in total. The largest absolute Gasteiger partial charge is 0.381 e. The molecule has 3 aromatic rings. The number of fused-ring (bicyclic) bond motifs is 1. The van der Waals surface area contributed by atoms with Crippen molar-refractivity contribution in [3.8, 4) is 0 Å². The van der Waals surface area contributed by atoms with E-state index >= 15 is 0 Å². The number of nitrogens with zero attached hydrogens (tertiary/aromatic N) is 6. The SMILES string of the molecule is Cc1cc(Nc2nc(N3CCN(CC(C)(O)C=O)CC3)nn3cccc23)n[nH]1. The molecule has 4 heterocycles. The first-order chi connectivity index (χ1) is 13.4. The van der Waals surface area contributed by atoms with Crippen molar-refractivity contribution in [1.82, 2.24) is 29.7 Å². The molecule has 1 aliphatic heterocycles. The number of aromatic amines is 1. The molecular formula is C18H24N8O2. The van der Waals surface area contributed by atoms with Crippen LogP contribution < -0.4 is 10.2 Å². The Morgan fingerprint density at radius 1 is 1.36 bits per heavy atom. The lowest BCUT2D eigenvalue weighted by Gasteiger charge is -2.36. The average Bonchev–Trinajstić information content (AvgIpc) is 3.31. The fourth-order valence-corrected chi connectivity index (χ4v) is 3.35. The van der Waals surface area contributed by atoms with Crippen LogP contribution in [0.4, 0.5) is 17.6 Å². The van der Waals surface area contributed by atoms with Gasteiger partial charge in [0.05, 0.1) is 0 Å². The predicted molar refractivity (Wildman–Crippen MR) is 105 cm³/mol. The lowest BCUT2D eigenvalue weighted by atomic mass is 10.1. The molecule has 1 aliphatic rings. The number of piperazine rings is 1. The number of carbonyl (C=O) groups excluding carboxylic acids is 1. The molecule has 0 bridgehead atoms. The first-order valence-electron chi connectivity index (χ1n) is 9.24. The third kappa shape index (κ3) is 3.82. The van der Waals surface area contributed by atoms with Crippen molar-refractivity contribution in [3.05, 3.63) is 30.1 Å². The van der Waals surface area contributed by atoms with Crippen LogP contribution >= 0.6 is 0 Å². The normalized spacial score (nSPS) is 17.6. The fraction of sp³-hybridized carbons (Fsp3) is 0.444. The van der Waals surface area contributed by atoms with E-state index in [0.29, 0.717) is 43.5 Å². The number of aromatic nitrogens is 5. The molecule has 0 aliphatic carbocycles. The summed E-state index contributed by atoms with van der Waals surface area (Å²) in [5, 5.41) is 25.0. The predicted octanol–water partition coefficient (Wildman–Crippen LogP) is 0.576. The van der Waals surface area contributed by atoms with E-state index in [0.717, 1.165) is 24.3 Å². The Kier molecular flexibility index (Phi) is 4.73. The highest BCUT2D eigenvalue weighted by Crippen LogP contribution is 2.22. The maximum Gasteiger partial charge on any atom is 0.245 e. The first kappa shape index (κ1) is 18.4. The molecule has 0 spiro atoms. The Morgan fingerprint density at radius 2 is 2.14 bits per heavy atom. The highest BCUT2D eigenvalue weighted by atomic mass is 16.3. The van der Waals surface area contributed by atoms with Crippen LogP contribution in [-0.2, 0) is 4.79 Å². The summed E-state index contributed by atoms with van der Waals surface area (Å²) < 4.78 is 1.80. The van der Waals surface area contributed by atoms with E-state index in [2.05, 4.69) is 30.4 Å². The van der Waals surface area contributed by atoms with Crippen molar-refractivity contribution in [2.45, 2.75) is 19.4 Å². The number of aliphatic hydroxyl groups is 1. The van der Waals surface area contributed by atoms with E-state index in [9.17, 15) is 9.90 Å². The average molecular weight is 384 g/mol. The van der Waals surface area contributed by atoms with Gasteiger partial charge in [0.15, 0.2) is 17.9 Å². The molecule has 28 heavy (non-hydrogen) atoms. The van der Waals surface area contributed by atoms with Crippen LogP contribution in [0, 0.1) is 6.92 Å². The molecular weight excluding hydrogens is 360 g/mol. The maximum atomic E-state index is 10.9. The molecule has 148 valence electrons. The second kappa shape index (κ2) is 7.21. The molecule has 3 N–H and O–H groups in total. The number of carbonyl (C=O) groups is 1. The molecule has 1 fully saturated rings. The molecule has 1 saturated heterocycles. The topological polar surface area (TPSA) is 115 Å². The van der Waals surface area contributed by atoms with Crippen molar-refractivity contribution in [2.75, 3.05) is 42.9 Å². The van der Waals surface area contributed by atoms with Crippen LogP contribution in [0.1, 0.15) is 12.6 Å². The molecule has 1 atom stereocenters. The molecule has 0 aromatic carbocycles. The second-order valence-electron chi connectivity index (χ2n) is 7.40. The maximum absolute atomic E-state index is 10.9. The minimum atomic E-state index is -1.32. The number of aldehydes is 1. The Hall–Kier alpha value is -2.98. The smallest absolute Gasteiger partial charge is 0.245 e. The Balaban J connectivity index is 1.52. The summed E-state index contributed by atoms with van der Waals surface area (Å²) in [6.45, 7) is 6.66. The van der Waals surface area contributed by atoms with Crippen molar-refractivity contribution in [1.29, 1.82) is 0 Å².